The number of anilines is 1. The molecule has 0 bridgehead atoms. The fraction of sp³-hybridized carbons (Fsp3) is 0.176. The van der Waals surface area contributed by atoms with Crippen molar-refractivity contribution in [3.63, 3.8) is 0 Å². The van der Waals surface area contributed by atoms with Crippen molar-refractivity contribution in [3.05, 3.63) is 54.2 Å². The van der Waals surface area contributed by atoms with Gasteiger partial charge in [-0.1, -0.05) is 0 Å². The highest BCUT2D eigenvalue weighted by Crippen LogP contribution is 2.19. The summed E-state index contributed by atoms with van der Waals surface area (Å²) in [4.78, 5) is 36.9. The maximum Gasteiger partial charge on any atom is 0.313 e. The van der Waals surface area contributed by atoms with Crippen LogP contribution in [-0.2, 0) is 16.1 Å². The quantitative estimate of drug-likeness (QED) is 0.720. The second-order valence-corrected chi connectivity index (χ2v) is 5.57. The number of aryl methyl sites for hydroxylation is 1. The van der Waals surface area contributed by atoms with E-state index in [1.54, 1.807) is 31.7 Å². The molecule has 24 heavy (non-hydrogen) atoms. The van der Waals surface area contributed by atoms with Gasteiger partial charge >= 0.3 is 11.8 Å². The van der Waals surface area contributed by atoms with Crippen molar-refractivity contribution in [3.8, 4) is 0 Å². The lowest BCUT2D eigenvalue weighted by Gasteiger charge is -2.16. The first-order chi connectivity index (χ1) is 11.5. The van der Waals surface area contributed by atoms with Crippen molar-refractivity contribution < 1.29 is 9.59 Å². The first-order valence-corrected chi connectivity index (χ1v) is 7.43. The summed E-state index contributed by atoms with van der Waals surface area (Å²) < 4.78 is 0. The number of benzene rings is 1. The van der Waals surface area contributed by atoms with E-state index in [0.29, 0.717) is 11.4 Å². The van der Waals surface area contributed by atoms with Crippen molar-refractivity contribution in [2.24, 2.45) is 0 Å². The number of aromatic nitrogens is 3. The van der Waals surface area contributed by atoms with Crippen LogP contribution in [0.1, 0.15) is 11.4 Å². The van der Waals surface area contributed by atoms with Gasteiger partial charge in [-0.3, -0.25) is 19.6 Å². The van der Waals surface area contributed by atoms with Gasteiger partial charge in [0.2, 0.25) is 0 Å². The summed E-state index contributed by atoms with van der Waals surface area (Å²) in [7, 11) is 1.55. The number of aromatic amines is 1. The molecule has 0 aliphatic carbocycles. The Bertz CT molecular complexity index is 888. The molecule has 0 spiro atoms. The van der Waals surface area contributed by atoms with Crippen molar-refractivity contribution in [2.75, 3.05) is 12.4 Å². The third kappa shape index (κ3) is 3.40. The van der Waals surface area contributed by atoms with Crippen LogP contribution in [-0.4, -0.2) is 38.7 Å². The predicted octanol–water partition coefficient (Wildman–Crippen LogP) is 1.86. The fourth-order valence-corrected chi connectivity index (χ4v) is 2.44. The molecule has 122 valence electrons. The van der Waals surface area contributed by atoms with Crippen LogP contribution >= 0.6 is 0 Å². The summed E-state index contributed by atoms with van der Waals surface area (Å²) in [6, 6.07) is 7.43. The van der Waals surface area contributed by atoms with Crippen LogP contribution in [0.5, 0.6) is 0 Å². The van der Waals surface area contributed by atoms with Gasteiger partial charge in [-0.15, -0.1) is 0 Å². The van der Waals surface area contributed by atoms with Gasteiger partial charge in [-0.05, 0) is 31.2 Å². The molecule has 0 atom stereocenters. The predicted molar refractivity (Wildman–Crippen MR) is 90.2 cm³/mol. The number of hydrogen-bond donors (Lipinski definition) is 2. The number of likely N-dealkylation sites (N-methyl/N-ethyl adjacent to an activating group) is 1. The van der Waals surface area contributed by atoms with Crippen molar-refractivity contribution >= 4 is 28.4 Å². The number of fused-ring (bicyclic) bond motifs is 1. The summed E-state index contributed by atoms with van der Waals surface area (Å²) >= 11 is 0. The normalized spacial score (nSPS) is 10.6. The fourth-order valence-electron chi connectivity index (χ4n) is 2.44. The molecule has 0 radical (unpaired) electrons. The molecule has 0 fully saturated rings. The molecule has 2 aromatic heterocycles. The number of H-pyrrole nitrogens is 1. The van der Waals surface area contributed by atoms with Crippen LogP contribution < -0.4 is 5.32 Å². The van der Waals surface area contributed by atoms with Gasteiger partial charge in [-0.2, -0.15) is 0 Å². The van der Waals surface area contributed by atoms with E-state index >= 15 is 0 Å². The van der Waals surface area contributed by atoms with Gasteiger partial charge < -0.3 is 15.2 Å². The van der Waals surface area contributed by atoms with Crippen LogP contribution in [0.25, 0.3) is 10.9 Å². The lowest BCUT2D eigenvalue weighted by atomic mass is 10.2. The molecule has 0 saturated carbocycles. The van der Waals surface area contributed by atoms with E-state index in [0.717, 1.165) is 16.6 Å². The lowest BCUT2D eigenvalue weighted by Crippen LogP contribution is -2.36. The zero-order chi connectivity index (χ0) is 17.1. The van der Waals surface area contributed by atoms with E-state index in [2.05, 4.69) is 20.3 Å². The Morgan fingerprint density at radius 1 is 1.25 bits per heavy atom. The second kappa shape index (κ2) is 6.49. The number of hydrogen-bond acceptors (Lipinski definition) is 4. The highest BCUT2D eigenvalue weighted by molar-refractivity contribution is 6.39. The second-order valence-electron chi connectivity index (χ2n) is 5.57. The third-order valence-corrected chi connectivity index (χ3v) is 3.57. The smallest absolute Gasteiger partial charge is 0.313 e. The molecule has 0 aliphatic heterocycles. The molecule has 0 aliphatic rings. The molecular formula is C17H17N5O2. The van der Waals surface area contributed by atoms with Gasteiger partial charge in [0.25, 0.3) is 0 Å². The number of carbonyl (C=O) groups is 2. The van der Waals surface area contributed by atoms with Gasteiger partial charge in [0, 0.05) is 41.7 Å². The largest absolute Gasteiger partial charge is 0.359 e. The average molecular weight is 323 g/mol. The molecule has 3 aromatic rings. The van der Waals surface area contributed by atoms with E-state index in [4.69, 9.17) is 0 Å². The van der Waals surface area contributed by atoms with Gasteiger partial charge in [0.05, 0.1) is 18.4 Å². The van der Waals surface area contributed by atoms with Gasteiger partial charge in [0.15, 0.2) is 0 Å². The van der Waals surface area contributed by atoms with Gasteiger partial charge in [0.1, 0.15) is 0 Å². The van der Waals surface area contributed by atoms with Crippen LogP contribution in [0.15, 0.2) is 42.9 Å². The lowest BCUT2D eigenvalue weighted by molar-refractivity contribution is -0.142. The Kier molecular flexibility index (Phi) is 4.24. The number of nitrogens with zero attached hydrogens (tertiary/aromatic N) is 3. The van der Waals surface area contributed by atoms with Crippen LogP contribution in [0.3, 0.4) is 0 Å². The molecule has 7 nitrogen and oxygen atoms in total. The number of nitrogens with one attached hydrogen (secondary N) is 2. The number of carbonyl (C=O) groups excluding carboxylic acids is 2. The molecule has 0 saturated heterocycles. The Balaban J connectivity index is 1.67. The molecule has 2 heterocycles. The average Bonchev–Trinajstić information content (AvgIpc) is 2.94. The molecule has 7 heteroatoms. The Morgan fingerprint density at radius 3 is 2.83 bits per heavy atom. The van der Waals surface area contributed by atoms with Crippen molar-refractivity contribution in [1.82, 2.24) is 19.9 Å². The van der Waals surface area contributed by atoms with E-state index < -0.39 is 11.8 Å². The highest BCUT2D eigenvalue weighted by atomic mass is 16.2. The maximum absolute atomic E-state index is 12.2. The van der Waals surface area contributed by atoms with Crippen molar-refractivity contribution in [2.45, 2.75) is 13.5 Å². The summed E-state index contributed by atoms with van der Waals surface area (Å²) in [6.45, 7) is 2.18. The van der Waals surface area contributed by atoms with Crippen molar-refractivity contribution in [1.29, 1.82) is 0 Å². The van der Waals surface area contributed by atoms with Gasteiger partial charge in [-0.25, -0.2) is 0 Å². The third-order valence-electron chi connectivity index (χ3n) is 3.57. The first-order valence-electron chi connectivity index (χ1n) is 7.43. The molecule has 2 N–H and O–H groups in total. The monoisotopic (exact) mass is 323 g/mol. The molecule has 2 amide bonds. The highest BCUT2D eigenvalue weighted by Gasteiger charge is 2.19. The minimum absolute atomic E-state index is 0.218. The van der Waals surface area contributed by atoms with E-state index in [-0.39, 0.29) is 6.54 Å². The molecular weight excluding hydrogens is 306 g/mol. The van der Waals surface area contributed by atoms with Crippen LogP contribution in [0.4, 0.5) is 5.69 Å². The minimum Gasteiger partial charge on any atom is -0.359 e. The SMILES string of the molecule is Cc1cc2cc(NC(=O)C(=O)N(C)Cc3cnccn3)ccc2[nH]1. The Morgan fingerprint density at radius 2 is 2.08 bits per heavy atom. The van der Waals surface area contributed by atoms with E-state index in [1.807, 2.05) is 25.1 Å². The number of rotatable bonds is 3. The Hall–Kier alpha value is -3.22. The van der Waals surface area contributed by atoms with E-state index in [9.17, 15) is 9.59 Å². The maximum atomic E-state index is 12.2. The van der Waals surface area contributed by atoms with Crippen LogP contribution in [0, 0.1) is 6.92 Å². The summed E-state index contributed by atoms with van der Waals surface area (Å²) in [5.41, 5.74) is 3.21. The summed E-state index contributed by atoms with van der Waals surface area (Å²) in [5.74, 6) is -1.32. The Labute approximate surface area is 138 Å². The topological polar surface area (TPSA) is 91.0 Å². The zero-order valence-corrected chi connectivity index (χ0v) is 13.4. The number of amides is 2. The van der Waals surface area contributed by atoms with E-state index in [1.165, 1.54) is 4.90 Å². The molecule has 1 aromatic carbocycles. The minimum atomic E-state index is -0.687. The zero-order valence-electron chi connectivity index (χ0n) is 13.4. The molecule has 3 rings (SSSR count). The summed E-state index contributed by atoms with van der Waals surface area (Å²) in [6.07, 6.45) is 4.66. The molecule has 0 unspecified atom stereocenters. The van der Waals surface area contributed by atoms with Crippen LogP contribution in [0.2, 0.25) is 0 Å². The first kappa shape index (κ1) is 15.7. The summed E-state index contributed by atoms with van der Waals surface area (Å²) in [5, 5.41) is 3.61. The standard InChI is InChI=1S/C17H17N5O2/c1-11-7-12-8-13(3-4-15(12)20-11)21-16(23)17(24)22(2)10-14-9-18-5-6-19-14/h3-9,20H,10H2,1-2H3,(H,21,23).